The Bertz CT molecular complexity index is 1450. The summed E-state index contributed by atoms with van der Waals surface area (Å²) in [7, 11) is -4.10. The third-order valence-electron chi connectivity index (χ3n) is 6.96. The monoisotopic (exact) mass is 563 g/mol. The maximum atomic E-state index is 14.1. The van der Waals surface area contributed by atoms with Crippen LogP contribution in [-0.2, 0) is 26.2 Å². The Morgan fingerprint density at radius 3 is 2.05 bits per heavy atom. The van der Waals surface area contributed by atoms with Crippen LogP contribution >= 0.6 is 0 Å². The lowest BCUT2D eigenvalue weighted by Crippen LogP contribution is -2.51. The number of rotatable bonds is 11. The van der Waals surface area contributed by atoms with Crippen LogP contribution in [0.1, 0.15) is 48.6 Å². The van der Waals surface area contributed by atoms with Crippen molar-refractivity contribution in [3.05, 3.63) is 94.5 Å². The molecule has 1 N–H and O–H groups in total. The van der Waals surface area contributed by atoms with Gasteiger partial charge >= 0.3 is 0 Å². The molecule has 0 heterocycles. The smallest absolute Gasteiger partial charge is 0.264 e. The van der Waals surface area contributed by atoms with Gasteiger partial charge in [-0.2, -0.15) is 0 Å². The quantitative estimate of drug-likeness (QED) is 0.343. The summed E-state index contributed by atoms with van der Waals surface area (Å²) < 4.78 is 29.2. The van der Waals surface area contributed by atoms with Gasteiger partial charge in [0.15, 0.2) is 0 Å². The summed E-state index contributed by atoms with van der Waals surface area (Å²) in [5.41, 5.74) is 4.94. The molecule has 1 unspecified atom stereocenters. The minimum Gasteiger partial charge on any atom is -0.354 e. The molecule has 0 aliphatic carbocycles. The fourth-order valence-corrected chi connectivity index (χ4v) is 5.92. The highest BCUT2D eigenvalue weighted by Crippen LogP contribution is 2.28. The second-order valence-corrected chi connectivity index (χ2v) is 12.7. The summed E-state index contributed by atoms with van der Waals surface area (Å²) in [6.07, 6.45) is 0. The number of anilines is 1. The Labute approximate surface area is 239 Å². The zero-order chi connectivity index (χ0) is 29.6. The van der Waals surface area contributed by atoms with Crippen molar-refractivity contribution in [1.29, 1.82) is 0 Å². The average molecular weight is 564 g/mol. The summed E-state index contributed by atoms with van der Waals surface area (Å²) >= 11 is 0. The van der Waals surface area contributed by atoms with Crippen molar-refractivity contribution in [1.82, 2.24) is 10.2 Å². The standard InChI is InChI=1S/C32H41N3O4S/c1-22(2)19-33-32(37)27(7)34(20-28-11-9-8-10-25(28)5)31(36)21-35(30-17-14-24(4)18-26(30)6)40(38,39)29-15-12-23(3)13-16-29/h8-18,22,27H,19-21H2,1-7H3,(H,33,37). The number of hydrogen-bond donors (Lipinski definition) is 1. The molecule has 0 aliphatic rings. The van der Waals surface area contributed by atoms with Crippen molar-refractivity contribution in [2.24, 2.45) is 5.92 Å². The molecule has 3 aromatic carbocycles. The predicted octanol–water partition coefficient (Wildman–Crippen LogP) is 5.31. The van der Waals surface area contributed by atoms with E-state index in [1.54, 1.807) is 37.3 Å². The number of nitrogens with zero attached hydrogens (tertiary/aromatic N) is 2. The number of aryl methyl sites for hydroxylation is 4. The number of amides is 2. The number of nitrogens with one attached hydrogen (secondary N) is 1. The molecule has 3 rings (SSSR count). The Hall–Kier alpha value is -3.65. The second kappa shape index (κ2) is 13.1. The average Bonchev–Trinajstić information content (AvgIpc) is 2.90. The topological polar surface area (TPSA) is 86.8 Å². The summed E-state index contributed by atoms with van der Waals surface area (Å²) in [5.74, 6) is -0.502. The van der Waals surface area contributed by atoms with Crippen molar-refractivity contribution in [3.63, 3.8) is 0 Å². The lowest BCUT2D eigenvalue weighted by atomic mass is 10.1. The molecular formula is C32H41N3O4S. The van der Waals surface area contributed by atoms with Crippen molar-refractivity contribution in [2.75, 3.05) is 17.4 Å². The molecule has 0 saturated heterocycles. The van der Waals surface area contributed by atoms with Crippen LogP contribution in [-0.4, -0.2) is 44.3 Å². The molecule has 40 heavy (non-hydrogen) atoms. The first-order valence-corrected chi connectivity index (χ1v) is 15.0. The fourth-order valence-electron chi connectivity index (χ4n) is 4.44. The van der Waals surface area contributed by atoms with E-state index in [4.69, 9.17) is 0 Å². The van der Waals surface area contributed by atoms with Gasteiger partial charge in [-0.25, -0.2) is 8.42 Å². The first kappa shape index (κ1) is 30.9. The van der Waals surface area contributed by atoms with Gasteiger partial charge in [-0.15, -0.1) is 0 Å². The minimum absolute atomic E-state index is 0.0963. The third-order valence-corrected chi connectivity index (χ3v) is 8.74. The Morgan fingerprint density at radius 1 is 0.825 bits per heavy atom. The molecular weight excluding hydrogens is 522 g/mol. The van der Waals surface area contributed by atoms with Gasteiger partial charge in [0.1, 0.15) is 12.6 Å². The second-order valence-electron chi connectivity index (χ2n) is 10.9. The number of carbonyl (C=O) groups excluding carboxylic acids is 2. The molecule has 8 heteroatoms. The highest BCUT2D eigenvalue weighted by Gasteiger charge is 2.33. The van der Waals surface area contributed by atoms with Crippen LogP contribution in [0, 0.1) is 33.6 Å². The highest BCUT2D eigenvalue weighted by molar-refractivity contribution is 7.92. The van der Waals surface area contributed by atoms with Crippen LogP contribution < -0.4 is 9.62 Å². The largest absolute Gasteiger partial charge is 0.354 e. The van der Waals surface area contributed by atoms with Gasteiger partial charge in [-0.1, -0.05) is 73.5 Å². The van der Waals surface area contributed by atoms with Crippen molar-refractivity contribution in [3.8, 4) is 0 Å². The van der Waals surface area contributed by atoms with Gasteiger partial charge < -0.3 is 10.2 Å². The van der Waals surface area contributed by atoms with E-state index in [9.17, 15) is 18.0 Å². The summed E-state index contributed by atoms with van der Waals surface area (Å²) in [6, 6.07) is 18.9. The summed E-state index contributed by atoms with van der Waals surface area (Å²) in [4.78, 5) is 28.8. The molecule has 0 radical (unpaired) electrons. The number of hydrogen-bond acceptors (Lipinski definition) is 4. The normalized spacial score (nSPS) is 12.2. The highest BCUT2D eigenvalue weighted by atomic mass is 32.2. The van der Waals surface area contributed by atoms with Gasteiger partial charge in [-0.05, 0) is 75.4 Å². The van der Waals surface area contributed by atoms with Gasteiger partial charge in [0.2, 0.25) is 11.8 Å². The number of carbonyl (C=O) groups is 2. The van der Waals surface area contributed by atoms with Crippen LogP contribution in [0.4, 0.5) is 5.69 Å². The molecule has 1 atom stereocenters. The van der Waals surface area contributed by atoms with E-state index < -0.39 is 28.5 Å². The van der Waals surface area contributed by atoms with E-state index in [1.807, 2.05) is 77.9 Å². The Balaban J connectivity index is 2.06. The van der Waals surface area contributed by atoms with E-state index in [-0.39, 0.29) is 23.3 Å². The maximum Gasteiger partial charge on any atom is 0.264 e. The molecule has 7 nitrogen and oxygen atoms in total. The first-order valence-electron chi connectivity index (χ1n) is 13.6. The molecule has 0 saturated carbocycles. The van der Waals surface area contributed by atoms with Gasteiger partial charge in [0.05, 0.1) is 10.6 Å². The molecule has 0 aliphatic heterocycles. The van der Waals surface area contributed by atoms with Crippen molar-refractivity contribution >= 4 is 27.5 Å². The van der Waals surface area contributed by atoms with Crippen LogP contribution in [0.25, 0.3) is 0 Å². The van der Waals surface area contributed by atoms with Gasteiger partial charge in [0.25, 0.3) is 10.0 Å². The number of benzene rings is 3. The van der Waals surface area contributed by atoms with Crippen LogP contribution in [0.3, 0.4) is 0 Å². The summed E-state index contributed by atoms with van der Waals surface area (Å²) in [5, 5.41) is 2.91. The summed E-state index contributed by atoms with van der Waals surface area (Å²) in [6.45, 7) is 13.5. The Morgan fingerprint density at radius 2 is 1.45 bits per heavy atom. The van der Waals surface area contributed by atoms with E-state index in [2.05, 4.69) is 5.32 Å². The molecule has 0 bridgehead atoms. The lowest BCUT2D eigenvalue weighted by Gasteiger charge is -2.33. The number of sulfonamides is 1. The van der Waals surface area contributed by atoms with Crippen LogP contribution in [0.15, 0.2) is 71.6 Å². The molecule has 0 fully saturated rings. The molecule has 214 valence electrons. The lowest BCUT2D eigenvalue weighted by molar-refractivity contribution is -0.139. The maximum absolute atomic E-state index is 14.1. The van der Waals surface area contributed by atoms with Crippen LogP contribution in [0.2, 0.25) is 0 Å². The van der Waals surface area contributed by atoms with Gasteiger partial charge in [0, 0.05) is 13.1 Å². The Kier molecular flexibility index (Phi) is 10.1. The zero-order valence-corrected chi connectivity index (χ0v) is 25.4. The third kappa shape index (κ3) is 7.50. The van der Waals surface area contributed by atoms with E-state index >= 15 is 0 Å². The molecule has 3 aromatic rings. The first-order chi connectivity index (χ1) is 18.8. The molecule has 2 amide bonds. The van der Waals surface area contributed by atoms with Crippen molar-refractivity contribution in [2.45, 2.75) is 65.9 Å². The minimum atomic E-state index is -4.10. The molecule has 0 aromatic heterocycles. The van der Waals surface area contributed by atoms with E-state index in [0.717, 1.165) is 27.8 Å². The SMILES string of the molecule is Cc1ccc(S(=O)(=O)N(CC(=O)N(Cc2ccccc2C)C(C)C(=O)NCC(C)C)c2ccc(C)cc2C)cc1. The van der Waals surface area contributed by atoms with Gasteiger partial charge in [-0.3, -0.25) is 13.9 Å². The fraction of sp³-hybridized carbons (Fsp3) is 0.375. The van der Waals surface area contributed by atoms with E-state index in [1.165, 1.54) is 9.21 Å². The van der Waals surface area contributed by atoms with E-state index in [0.29, 0.717) is 12.2 Å². The predicted molar refractivity (Wildman–Crippen MR) is 161 cm³/mol. The molecule has 0 spiro atoms. The van der Waals surface area contributed by atoms with Crippen molar-refractivity contribution < 1.29 is 18.0 Å². The van der Waals surface area contributed by atoms with Crippen LogP contribution in [0.5, 0.6) is 0 Å². The zero-order valence-electron chi connectivity index (χ0n) is 24.6.